The second kappa shape index (κ2) is 4.47. The summed E-state index contributed by atoms with van der Waals surface area (Å²) in [5.74, 6) is 1.35. The molecule has 1 aromatic heterocycles. The molecule has 1 fully saturated rings. The van der Waals surface area contributed by atoms with Gasteiger partial charge in [0.05, 0.1) is 0 Å². The first-order valence-corrected chi connectivity index (χ1v) is 5.62. The number of anilines is 1. The van der Waals surface area contributed by atoms with Gasteiger partial charge in [0.1, 0.15) is 0 Å². The minimum absolute atomic E-state index is 0.0915. The van der Waals surface area contributed by atoms with Crippen molar-refractivity contribution < 1.29 is 4.79 Å². The van der Waals surface area contributed by atoms with Crippen LogP contribution in [-0.2, 0) is 11.2 Å². The van der Waals surface area contributed by atoms with E-state index in [-0.39, 0.29) is 5.91 Å². The van der Waals surface area contributed by atoms with Crippen LogP contribution in [-0.4, -0.2) is 16.1 Å². The molecular formula is C11H17N3O. The molecule has 4 nitrogen and oxygen atoms in total. The molecule has 0 saturated heterocycles. The van der Waals surface area contributed by atoms with Gasteiger partial charge in [-0.05, 0) is 25.2 Å². The van der Waals surface area contributed by atoms with Gasteiger partial charge in [-0.25, -0.2) is 0 Å². The summed E-state index contributed by atoms with van der Waals surface area (Å²) in [6, 6.07) is 1.89. The minimum Gasteiger partial charge on any atom is -0.309 e. The number of nitrogens with zero attached hydrogens (tertiary/aromatic N) is 1. The molecule has 1 saturated carbocycles. The van der Waals surface area contributed by atoms with Gasteiger partial charge in [0.2, 0.25) is 5.91 Å². The third-order valence-electron chi connectivity index (χ3n) is 2.98. The summed E-state index contributed by atoms with van der Waals surface area (Å²) >= 11 is 0. The maximum absolute atomic E-state index is 11.5. The maximum Gasteiger partial charge on any atom is 0.225 e. The highest BCUT2D eigenvalue weighted by Crippen LogP contribution is 2.29. The van der Waals surface area contributed by atoms with Crippen LogP contribution in [0, 0.1) is 5.92 Å². The topological polar surface area (TPSA) is 57.8 Å². The molecule has 4 heteroatoms. The van der Waals surface area contributed by atoms with Crippen LogP contribution in [0.5, 0.6) is 0 Å². The minimum atomic E-state index is 0.0915. The molecule has 0 radical (unpaired) electrons. The number of carbonyl (C=O) groups excluding carboxylic acids is 1. The predicted molar refractivity (Wildman–Crippen MR) is 58.6 cm³/mol. The first-order valence-electron chi connectivity index (χ1n) is 5.62. The van der Waals surface area contributed by atoms with E-state index in [0.29, 0.717) is 18.2 Å². The Morgan fingerprint density at radius 1 is 1.67 bits per heavy atom. The van der Waals surface area contributed by atoms with E-state index >= 15 is 0 Å². The molecule has 1 aliphatic rings. The zero-order chi connectivity index (χ0) is 10.7. The number of hydrogen-bond donors (Lipinski definition) is 2. The Morgan fingerprint density at radius 3 is 3.00 bits per heavy atom. The van der Waals surface area contributed by atoms with Gasteiger partial charge in [-0.15, -0.1) is 0 Å². The quantitative estimate of drug-likeness (QED) is 0.794. The number of rotatable bonds is 4. The molecule has 0 atom stereocenters. The summed E-state index contributed by atoms with van der Waals surface area (Å²) in [7, 11) is 0. The monoisotopic (exact) mass is 207 g/mol. The molecule has 2 N–H and O–H groups in total. The highest BCUT2D eigenvalue weighted by Gasteiger charge is 2.20. The normalized spacial score (nSPS) is 16.1. The van der Waals surface area contributed by atoms with Gasteiger partial charge in [0.25, 0.3) is 0 Å². The fourth-order valence-electron chi connectivity index (χ4n) is 1.76. The first-order chi connectivity index (χ1) is 7.28. The molecule has 0 aliphatic heterocycles. The van der Waals surface area contributed by atoms with Crippen LogP contribution in [0.3, 0.4) is 0 Å². The van der Waals surface area contributed by atoms with Crippen molar-refractivity contribution in [2.75, 3.05) is 5.32 Å². The van der Waals surface area contributed by atoms with Gasteiger partial charge < -0.3 is 5.32 Å². The maximum atomic E-state index is 11.5. The van der Waals surface area contributed by atoms with Crippen molar-refractivity contribution in [3.05, 3.63) is 11.8 Å². The molecular weight excluding hydrogens is 190 g/mol. The van der Waals surface area contributed by atoms with E-state index in [1.165, 1.54) is 19.3 Å². The number of carbonyl (C=O) groups is 1. The Balaban J connectivity index is 1.82. The second-order valence-corrected chi connectivity index (χ2v) is 4.18. The van der Waals surface area contributed by atoms with E-state index < -0.39 is 0 Å². The number of aryl methyl sites for hydroxylation is 1. The lowest BCUT2D eigenvalue weighted by Gasteiger charge is -2.24. The molecule has 0 bridgehead atoms. The van der Waals surface area contributed by atoms with Crippen molar-refractivity contribution in [2.24, 2.45) is 5.92 Å². The summed E-state index contributed by atoms with van der Waals surface area (Å²) < 4.78 is 0. The number of H-pyrrole nitrogens is 1. The number of amides is 1. The summed E-state index contributed by atoms with van der Waals surface area (Å²) in [5, 5.41) is 9.71. The lowest BCUT2D eigenvalue weighted by Crippen LogP contribution is -2.20. The van der Waals surface area contributed by atoms with E-state index in [2.05, 4.69) is 15.5 Å². The highest BCUT2D eigenvalue weighted by atomic mass is 16.1. The smallest absolute Gasteiger partial charge is 0.225 e. The first kappa shape index (κ1) is 10.2. The van der Waals surface area contributed by atoms with Crippen LogP contribution in [0.15, 0.2) is 6.07 Å². The average molecular weight is 207 g/mol. The van der Waals surface area contributed by atoms with Gasteiger partial charge in [0.15, 0.2) is 5.82 Å². The van der Waals surface area contributed by atoms with Crippen molar-refractivity contribution in [3.8, 4) is 0 Å². The summed E-state index contributed by atoms with van der Waals surface area (Å²) in [5.41, 5.74) is 1.05. The molecule has 0 unspecified atom stereocenters. The van der Waals surface area contributed by atoms with Gasteiger partial charge in [-0.1, -0.05) is 13.3 Å². The van der Waals surface area contributed by atoms with Crippen molar-refractivity contribution in [1.82, 2.24) is 10.2 Å². The SMILES string of the molecule is CCc1cc(NC(=O)CC2CCC2)n[nH]1. The third kappa shape index (κ3) is 2.58. The van der Waals surface area contributed by atoms with Gasteiger partial charge in [0, 0.05) is 18.2 Å². The van der Waals surface area contributed by atoms with Crippen molar-refractivity contribution >= 4 is 11.7 Å². The predicted octanol–water partition coefficient (Wildman–Crippen LogP) is 2.10. The largest absolute Gasteiger partial charge is 0.309 e. The molecule has 1 heterocycles. The van der Waals surface area contributed by atoms with Crippen molar-refractivity contribution in [1.29, 1.82) is 0 Å². The lowest BCUT2D eigenvalue weighted by molar-refractivity contribution is -0.117. The van der Waals surface area contributed by atoms with Crippen molar-refractivity contribution in [2.45, 2.75) is 39.0 Å². The number of nitrogens with one attached hydrogen (secondary N) is 2. The zero-order valence-corrected chi connectivity index (χ0v) is 9.05. The fraction of sp³-hybridized carbons (Fsp3) is 0.636. The average Bonchev–Trinajstić information content (AvgIpc) is 2.59. The summed E-state index contributed by atoms with van der Waals surface area (Å²) in [6.45, 7) is 2.05. The van der Waals surface area contributed by atoms with Gasteiger partial charge in [-0.2, -0.15) is 5.10 Å². The number of hydrogen-bond acceptors (Lipinski definition) is 2. The van der Waals surface area contributed by atoms with Crippen LogP contribution in [0.2, 0.25) is 0 Å². The second-order valence-electron chi connectivity index (χ2n) is 4.18. The lowest BCUT2D eigenvalue weighted by atomic mass is 9.83. The Bertz CT molecular complexity index is 341. The third-order valence-corrected chi connectivity index (χ3v) is 2.98. The van der Waals surface area contributed by atoms with E-state index in [1.54, 1.807) is 0 Å². The van der Waals surface area contributed by atoms with E-state index in [4.69, 9.17) is 0 Å². The molecule has 1 aromatic rings. The Kier molecular flexibility index (Phi) is 3.04. The summed E-state index contributed by atoms with van der Waals surface area (Å²) in [4.78, 5) is 11.5. The Labute approximate surface area is 89.5 Å². The van der Waals surface area contributed by atoms with Crippen molar-refractivity contribution in [3.63, 3.8) is 0 Å². The standard InChI is InChI=1S/C11H17N3O/c1-2-9-7-10(14-13-9)12-11(15)6-8-4-3-5-8/h7-8H,2-6H2,1H3,(H2,12,13,14,15). The van der Waals surface area contributed by atoms with Gasteiger partial charge in [-0.3, -0.25) is 9.89 Å². The Hall–Kier alpha value is -1.32. The number of aromatic nitrogens is 2. The fourth-order valence-corrected chi connectivity index (χ4v) is 1.76. The van der Waals surface area contributed by atoms with E-state index in [0.717, 1.165) is 12.1 Å². The molecule has 82 valence electrons. The summed E-state index contributed by atoms with van der Waals surface area (Å²) in [6.07, 6.45) is 5.24. The molecule has 2 rings (SSSR count). The number of aromatic amines is 1. The molecule has 0 spiro atoms. The van der Waals surface area contributed by atoms with Crippen LogP contribution in [0.25, 0.3) is 0 Å². The van der Waals surface area contributed by atoms with Crippen LogP contribution < -0.4 is 5.32 Å². The van der Waals surface area contributed by atoms with Gasteiger partial charge >= 0.3 is 0 Å². The Morgan fingerprint density at radius 2 is 2.47 bits per heavy atom. The molecule has 0 aromatic carbocycles. The molecule has 1 amide bonds. The van der Waals surface area contributed by atoms with E-state index in [1.807, 2.05) is 13.0 Å². The van der Waals surface area contributed by atoms with Crippen LogP contribution in [0.1, 0.15) is 38.3 Å². The van der Waals surface area contributed by atoms with Crippen LogP contribution >= 0.6 is 0 Å². The zero-order valence-electron chi connectivity index (χ0n) is 9.05. The van der Waals surface area contributed by atoms with E-state index in [9.17, 15) is 4.79 Å². The van der Waals surface area contributed by atoms with Crippen LogP contribution in [0.4, 0.5) is 5.82 Å². The molecule has 1 aliphatic carbocycles. The highest BCUT2D eigenvalue weighted by molar-refractivity contribution is 5.89. The molecule has 15 heavy (non-hydrogen) atoms.